The highest BCUT2D eigenvalue weighted by atomic mass is 32.1. The highest BCUT2D eigenvalue weighted by molar-refractivity contribution is 7.19. The monoisotopic (exact) mass is 1460 g/mol. The van der Waals surface area contributed by atoms with Crippen LogP contribution >= 0.6 is 23.1 Å². The molecule has 0 radical (unpaired) electrons. The number of rotatable bonds is 34. The summed E-state index contributed by atoms with van der Waals surface area (Å²) in [5.41, 5.74) is 35.3. The Morgan fingerprint density at radius 2 is 0.607 bits per heavy atom. The second-order valence-electron chi connectivity index (χ2n) is 35.7. The fourth-order valence-corrected chi connectivity index (χ4v) is 23.2. The molecule has 0 saturated heterocycles. The lowest BCUT2D eigenvalue weighted by molar-refractivity contribution is 0.266. The number of aromatic nitrogens is 2. The summed E-state index contributed by atoms with van der Waals surface area (Å²) in [6.07, 6.45) is 26.4. The van der Waals surface area contributed by atoms with Gasteiger partial charge in [0.2, 0.25) is 0 Å². The van der Waals surface area contributed by atoms with Gasteiger partial charge in [-0.2, -0.15) is 8.75 Å². The molecule has 4 heteroatoms. The third-order valence-electron chi connectivity index (χ3n) is 28.6. The molecule has 0 saturated carbocycles. The maximum Gasteiger partial charge on any atom is 0.113 e. The van der Waals surface area contributed by atoms with Crippen molar-refractivity contribution < 1.29 is 0 Å². The minimum Gasteiger partial charge on any atom is -0.173 e. The lowest BCUT2D eigenvalue weighted by atomic mass is 9.64. The van der Waals surface area contributed by atoms with Crippen LogP contribution in [0.15, 0.2) is 152 Å². The van der Waals surface area contributed by atoms with Crippen molar-refractivity contribution in [3.05, 3.63) is 202 Å². The Labute approximate surface area is 655 Å². The molecule has 0 spiro atoms. The summed E-state index contributed by atoms with van der Waals surface area (Å²) in [4.78, 5) is 2.58. The molecule has 0 aliphatic heterocycles. The van der Waals surface area contributed by atoms with Crippen molar-refractivity contribution in [2.45, 2.75) is 281 Å². The van der Waals surface area contributed by atoms with Crippen LogP contribution in [0, 0.1) is 54.3 Å². The Morgan fingerprint density at radius 3 is 1.00 bits per heavy atom. The van der Waals surface area contributed by atoms with Crippen LogP contribution in [-0.2, 0) is 21.7 Å². The van der Waals surface area contributed by atoms with Crippen LogP contribution in [0.4, 0.5) is 0 Å². The summed E-state index contributed by atoms with van der Waals surface area (Å²) < 4.78 is 9.57. The van der Waals surface area contributed by atoms with Crippen molar-refractivity contribution in [2.75, 3.05) is 0 Å². The number of hydrogen-bond acceptors (Lipinski definition) is 4. The van der Waals surface area contributed by atoms with E-state index in [1.54, 1.807) is 44.5 Å². The van der Waals surface area contributed by atoms with Crippen molar-refractivity contribution in [1.82, 2.24) is 8.75 Å². The van der Waals surface area contributed by atoms with E-state index >= 15 is 0 Å². The molecule has 10 aromatic rings. The van der Waals surface area contributed by atoms with Gasteiger partial charge in [0.25, 0.3) is 0 Å². The molecule has 8 atom stereocenters. The van der Waals surface area contributed by atoms with Crippen molar-refractivity contribution in [1.29, 1.82) is 0 Å². The molecular formula is C103H128N2S2. The molecule has 8 unspecified atom stereocenters. The predicted octanol–water partition coefficient (Wildman–Crippen LogP) is 31.6. The Morgan fingerprint density at radius 1 is 0.290 bits per heavy atom. The molecule has 8 aromatic carbocycles. The Bertz CT molecular complexity index is 4760. The minimum atomic E-state index is -0.155. The van der Waals surface area contributed by atoms with Gasteiger partial charge in [-0.15, -0.1) is 11.3 Å². The Kier molecular flexibility index (Phi) is 23.0. The van der Waals surface area contributed by atoms with E-state index in [0.717, 1.165) is 49.6 Å². The minimum absolute atomic E-state index is 0.0124. The number of nitrogens with zero attached hydrogens (tertiary/aromatic N) is 2. The zero-order valence-electron chi connectivity index (χ0n) is 68.8. The molecule has 14 rings (SSSR count). The van der Waals surface area contributed by atoms with E-state index in [-0.39, 0.29) is 21.7 Å². The summed E-state index contributed by atoms with van der Waals surface area (Å²) in [5.74, 6) is 4.74. The molecule has 0 bridgehead atoms. The first kappa shape index (κ1) is 77.0. The molecular weight excluding hydrogens is 1330 g/mol. The third kappa shape index (κ3) is 13.8. The zero-order chi connectivity index (χ0) is 75.3. The smallest absolute Gasteiger partial charge is 0.113 e. The molecule has 0 amide bonds. The van der Waals surface area contributed by atoms with Crippen LogP contribution in [0.25, 0.3) is 98.7 Å². The van der Waals surface area contributed by atoms with Crippen LogP contribution in [0.2, 0.25) is 0 Å². The molecule has 562 valence electrons. The third-order valence-corrected chi connectivity index (χ3v) is 30.3. The average Bonchev–Trinajstić information content (AvgIpc) is 1.54. The van der Waals surface area contributed by atoms with E-state index in [1.807, 2.05) is 11.3 Å². The van der Waals surface area contributed by atoms with Gasteiger partial charge in [-0.05, 0) is 283 Å². The number of hydrogen-bond donors (Lipinski definition) is 0. The first-order valence-corrected chi connectivity index (χ1v) is 44.7. The van der Waals surface area contributed by atoms with Gasteiger partial charge in [0.1, 0.15) is 11.0 Å². The summed E-state index contributed by atoms with van der Waals surface area (Å²) in [6, 6.07) is 63.7. The lowest BCUT2D eigenvalue weighted by Gasteiger charge is -2.39. The van der Waals surface area contributed by atoms with Gasteiger partial charge in [0.05, 0.1) is 11.7 Å². The molecule has 2 aromatic heterocycles. The maximum absolute atomic E-state index is 4.84. The largest absolute Gasteiger partial charge is 0.173 e. The summed E-state index contributed by atoms with van der Waals surface area (Å²) in [7, 11) is 0. The first-order valence-electron chi connectivity index (χ1n) is 43.2. The van der Waals surface area contributed by atoms with Gasteiger partial charge in [0.15, 0.2) is 0 Å². The van der Waals surface area contributed by atoms with E-state index in [4.69, 9.17) is 8.75 Å². The summed E-state index contributed by atoms with van der Waals surface area (Å²) >= 11 is 3.24. The predicted molar refractivity (Wildman–Crippen MR) is 467 cm³/mol. The van der Waals surface area contributed by atoms with E-state index in [9.17, 15) is 0 Å². The van der Waals surface area contributed by atoms with E-state index in [0.29, 0.717) is 47.3 Å². The molecule has 4 aliphatic rings. The van der Waals surface area contributed by atoms with Crippen molar-refractivity contribution in [2.24, 2.45) is 47.3 Å². The maximum atomic E-state index is 4.84. The van der Waals surface area contributed by atoms with Gasteiger partial charge in [-0.25, -0.2) is 0 Å². The standard InChI is InChI=1S/C103H128N2S2/c1-18-28-32-72(26-9)63-103(64-73(27-10)33-29-19-2)91-52-76(39-45-82(91)83-47-41-78(54-93(83)103)96-48-49-97(106-96)85-42-36-71(17)98-99(85)105-107-104-98)74-37-43-80-81-44-38-75(51-90(81)101(89(80)50-74,59-67(13)22-5)60-68(14)23-6)77-40-46-84-87-56-94-86(55-95(87)102(92(84)53-77,61-69(15)24-7)62-70(16)25-8)79-34-30-31-35-88(79)100(94,57-65(11)20-3)58-66(12)21-4/h30-31,34-56,65-70,72-73H,18-29,32-33,57-64H2,1-17H3. The van der Waals surface area contributed by atoms with Gasteiger partial charge in [0, 0.05) is 37.0 Å². The molecule has 107 heavy (non-hydrogen) atoms. The normalized spacial score (nSPS) is 20.9. The molecule has 4 aliphatic carbocycles. The van der Waals surface area contributed by atoms with Crippen LogP contribution in [0.1, 0.15) is 302 Å². The highest BCUT2D eigenvalue weighted by Gasteiger charge is 2.52. The van der Waals surface area contributed by atoms with E-state index in [1.165, 1.54) is 208 Å². The van der Waals surface area contributed by atoms with Crippen molar-refractivity contribution in [3.8, 4) is 87.6 Å². The lowest BCUT2D eigenvalue weighted by Crippen LogP contribution is -2.31. The topological polar surface area (TPSA) is 25.8 Å². The number of benzene rings is 8. The summed E-state index contributed by atoms with van der Waals surface area (Å²) in [5, 5.41) is 0. The zero-order valence-corrected chi connectivity index (χ0v) is 70.5. The molecule has 0 N–H and O–H groups in total. The first-order chi connectivity index (χ1) is 51.8. The number of aryl methyl sites for hydroxylation is 1. The average molecular weight is 1460 g/mol. The molecule has 2 heterocycles. The second kappa shape index (κ2) is 31.9. The van der Waals surface area contributed by atoms with Gasteiger partial charge in [-0.1, -0.05) is 298 Å². The fourth-order valence-electron chi connectivity index (χ4n) is 21.5. The molecule has 2 nitrogen and oxygen atoms in total. The number of fused-ring (bicyclic) bond motifs is 13. The highest BCUT2D eigenvalue weighted by Crippen LogP contribution is 2.65. The van der Waals surface area contributed by atoms with Crippen LogP contribution in [0.5, 0.6) is 0 Å². The second-order valence-corrected chi connectivity index (χ2v) is 37.3. The molecule has 0 fully saturated rings. The Hall–Kier alpha value is -6.72. The number of unbranched alkanes of at least 4 members (excludes halogenated alkanes) is 2. The Balaban J connectivity index is 0.909. The van der Waals surface area contributed by atoms with Gasteiger partial charge < -0.3 is 0 Å². The van der Waals surface area contributed by atoms with Crippen LogP contribution in [-0.4, -0.2) is 8.75 Å². The van der Waals surface area contributed by atoms with Crippen molar-refractivity contribution >= 4 is 34.1 Å². The number of thiophene rings is 1. The summed E-state index contributed by atoms with van der Waals surface area (Å²) in [6.45, 7) is 41.8. The SMILES string of the molecule is CCCCC(CC)CC1(CC(CC)CCCC)c2cc(-c3ccc4c(c3)C(CC(C)CC)(CC(C)CC)c3cc(-c5ccc6c(c5)C(CC(C)CC)(CC(C)CC)c5cc7c(cc5-6)C(CC(C)CC)(CC(C)CC)c5ccccc5-7)ccc3-4)ccc2-c2ccc(-c3ccc(-c4ccc(C)c5nsnc45)s3)cc21. The van der Waals surface area contributed by atoms with E-state index in [2.05, 4.69) is 269 Å². The fraction of sp³-hybridized carbons (Fsp3) is 0.495. The van der Waals surface area contributed by atoms with Crippen LogP contribution in [0.3, 0.4) is 0 Å². The van der Waals surface area contributed by atoms with Crippen molar-refractivity contribution in [3.63, 3.8) is 0 Å². The van der Waals surface area contributed by atoms with E-state index < -0.39 is 0 Å². The van der Waals surface area contributed by atoms with Gasteiger partial charge >= 0.3 is 0 Å². The quantitative estimate of drug-likeness (QED) is 0.0402. The van der Waals surface area contributed by atoms with Gasteiger partial charge in [-0.3, -0.25) is 0 Å². The van der Waals surface area contributed by atoms with Crippen LogP contribution < -0.4 is 0 Å².